The van der Waals surface area contributed by atoms with Crippen molar-refractivity contribution in [3.05, 3.63) is 35.4 Å². The fourth-order valence-electron chi connectivity index (χ4n) is 3.74. The maximum atomic E-state index is 12.4. The first-order valence-corrected chi connectivity index (χ1v) is 8.82. The van der Waals surface area contributed by atoms with Crippen LogP contribution in [0.2, 0.25) is 0 Å². The Bertz CT molecular complexity index is 655. The Morgan fingerprint density at radius 3 is 2.64 bits per heavy atom. The summed E-state index contributed by atoms with van der Waals surface area (Å²) in [5.74, 6) is 0.149. The van der Waals surface area contributed by atoms with Gasteiger partial charge in [-0.15, -0.1) is 0 Å². The number of carbonyl (C=O) groups excluding carboxylic acids is 2. The van der Waals surface area contributed by atoms with E-state index >= 15 is 0 Å². The minimum Gasteiger partial charge on any atom is -0.368 e. The van der Waals surface area contributed by atoms with Gasteiger partial charge in [0.15, 0.2) is 0 Å². The highest BCUT2D eigenvalue weighted by molar-refractivity contribution is 5.82. The number of benzene rings is 1. The molecule has 6 heteroatoms. The first kappa shape index (κ1) is 17.9. The summed E-state index contributed by atoms with van der Waals surface area (Å²) in [5, 5.41) is 2.67. The third kappa shape index (κ3) is 3.70. The Labute approximate surface area is 149 Å². The van der Waals surface area contributed by atoms with Gasteiger partial charge in [0.2, 0.25) is 11.8 Å². The molecule has 0 unspecified atom stereocenters. The highest BCUT2D eigenvalue weighted by atomic mass is 16.5. The molecule has 1 atom stereocenters. The fourth-order valence-corrected chi connectivity index (χ4v) is 3.74. The van der Waals surface area contributed by atoms with Gasteiger partial charge in [-0.25, -0.2) is 0 Å². The molecule has 0 bridgehead atoms. The molecule has 6 nitrogen and oxygen atoms in total. The van der Waals surface area contributed by atoms with E-state index in [1.165, 1.54) is 11.1 Å². The van der Waals surface area contributed by atoms with Gasteiger partial charge in [-0.1, -0.05) is 24.3 Å². The number of hydrogen-bond donors (Lipinski definition) is 1. The molecular formula is C19H27N3O3. The van der Waals surface area contributed by atoms with Crippen LogP contribution in [0, 0.1) is 6.92 Å². The summed E-state index contributed by atoms with van der Waals surface area (Å²) in [6.45, 7) is 4.36. The molecule has 0 radical (unpaired) electrons. The fraction of sp³-hybridized carbons (Fsp3) is 0.579. The lowest BCUT2D eigenvalue weighted by Crippen LogP contribution is -2.73. The second-order valence-corrected chi connectivity index (χ2v) is 7.22. The number of rotatable bonds is 4. The van der Waals surface area contributed by atoms with Crippen LogP contribution in [-0.4, -0.2) is 73.6 Å². The van der Waals surface area contributed by atoms with Gasteiger partial charge in [-0.3, -0.25) is 14.5 Å². The second-order valence-electron chi connectivity index (χ2n) is 7.22. The zero-order valence-electron chi connectivity index (χ0n) is 15.2. The van der Waals surface area contributed by atoms with Gasteiger partial charge in [0.1, 0.15) is 11.6 Å². The van der Waals surface area contributed by atoms with E-state index in [1.807, 2.05) is 29.0 Å². The lowest BCUT2D eigenvalue weighted by atomic mass is 9.90. The number of likely N-dealkylation sites (N-methyl/N-ethyl adjacent to an activating group) is 2. The highest BCUT2D eigenvalue weighted by Crippen LogP contribution is 2.31. The van der Waals surface area contributed by atoms with Crippen molar-refractivity contribution < 1.29 is 14.3 Å². The van der Waals surface area contributed by atoms with Crippen LogP contribution in [-0.2, 0) is 20.7 Å². The Morgan fingerprint density at radius 2 is 2.00 bits per heavy atom. The largest absolute Gasteiger partial charge is 0.368 e. The molecule has 136 valence electrons. The molecule has 2 fully saturated rings. The Balaban J connectivity index is 1.48. The first-order valence-electron chi connectivity index (χ1n) is 8.82. The molecule has 0 aromatic heterocycles. The van der Waals surface area contributed by atoms with Crippen LogP contribution in [0.25, 0.3) is 0 Å². The molecule has 0 aliphatic carbocycles. The van der Waals surface area contributed by atoms with E-state index in [1.54, 1.807) is 7.05 Å². The molecule has 0 saturated carbocycles. The number of likely N-dealkylation sites (tertiary alicyclic amines) is 1. The Kier molecular flexibility index (Phi) is 5.11. The number of carbonyl (C=O) groups is 2. The quantitative estimate of drug-likeness (QED) is 0.867. The minimum absolute atomic E-state index is 0.0252. The molecule has 1 N–H and O–H groups in total. The van der Waals surface area contributed by atoms with Gasteiger partial charge >= 0.3 is 0 Å². The van der Waals surface area contributed by atoms with Crippen LogP contribution in [0.1, 0.15) is 17.5 Å². The molecule has 25 heavy (non-hydrogen) atoms. The van der Waals surface area contributed by atoms with Crippen molar-refractivity contribution in [1.82, 2.24) is 15.1 Å². The van der Waals surface area contributed by atoms with E-state index in [0.717, 1.165) is 6.42 Å². The van der Waals surface area contributed by atoms with Crippen molar-refractivity contribution in [2.24, 2.45) is 0 Å². The number of nitrogens with one attached hydrogen (secondary N) is 1. The van der Waals surface area contributed by atoms with E-state index in [4.69, 9.17) is 4.74 Å². The van der Waals surface area contributed by atoms with Crippen molar-refractivity contribution in [2.45, 2.75) is 31.4 Å². The minimum atomic E-state index is -0.308. The maximum absolute atomic E-state index is 12.4. The predicted octanol–water partition coefficient (Wildman–Crippen LogP) is 0.585. The van der Waals surface area contributed by atoms with Crippen LogP contribution in [0.4, 0.5) is 0 Å². The first-order chi connectivity index (χ1) is 11.9. The molecule has 1 aromatic rings. The van der Waals surface area contributed by atoms with E-state index < -0.39 is 0 Å². The number of amides is 2. The molecule has 2 saturated heterocycles. The van der Waals surface area contributed by atoms with Crippen LogP contribution in [0.15, 0.2) is 24.3 Å². The molecule has 3 rings (SSSR count). The van der Waals surface area contributed by atoms with Crippen molar-refractivity contribution >= 4 is 11.8 Å². The molecule has 2 heterocycles. The molecule has 2 amide bonds. The summed E-state index contributed by atoms with van der Waals surface area (Å²) in [4.78, 5) is 28.1. The van der Waals surface area contributed by atoms with Gasteiger partial charge in [-0.2, -0.15) is 0 Å². The highest BCUT2D eigenvalue weighted by Gasteiger charge is 2.50. The lowest BCUT2D eigenvalue weighted by molar-refractivity contribution is -0.201. The Hall–Kier alpha value is -1.92. The van der Waals surface area contributed by atoms with Gasteiger partial charge < -0.3 is 15.0 Å². The summed E-state index contributed by atoms with van der Waals surface area (Å²) < 4.78 is 5.97. The summed E-state index contributed by atoms with van der Waals surface area (Å²) in [6.07, 6.45) is 1.30. The number of aryl methyl sites for hydroxylation is 2. The zero-order chi connectivity index (χ0) is 18.0. The SMILES string of the molecule is CNC(=O)[C@H]1COC2(CN(C(=O)CCc3ccccc3C)C2)CN1C. The van der Waals surface area contributed by atoms with E-state index in [2.05, 4.69) is 24.4 Å². The summed E-state index contributed by atoms with van der Waals surface area (Å²) >= 11 is 0. The van der Waals surface area contributed by atoms with Crippen molar-refractivity contribution in [3.63, 3.8) is 0 Å². The van der Waals surface area contributed by atoms with Crippen LogP contribution >= 0.6 is 0 Å². The monoisotopic (exact) mass is 345 g/mol. The number of nitrogens with zero attached hydrogens (tertiary/aromatic N) is 2. The topological polar surface area (TPSA) is 61.9 Å². The summed E-state index contributed by atoms with van der Waals surface area (Å²) in [7, 11) is 3.57. The Morgan fingerprint density at radius 1 is 1.28 bits per heavy atom. The van der Waals surface area contributed by atoms with E-state index in [-0.39, 0.29) is 23.5 Å². The van der Waals surface area contributed by atoms with Crippen molar-refractivity contribution in [1.29, 1.82) is 0 Å². The molecule has 1 aromatic carbocycles. The lowest BCUT2D eigenvalue weighted by Gasteiger charge is -2.54. The normalized spacial score (nSPS) is 22.5. The average Bonchev–Trinajstić information content (AvgIpc) is 2.58. The average molecular weight is 345 g/mol. The van der Waals surface area contributed by atoms with E-state index in [9.17, 15) is 9.59 Å². The van der Waals surface area contributed by atoms with Gasteiger partial charge in [-0.05, 0) is 31.5 Å². The van der Waals surface area contributed by atoms with Crippen LogP contribution < -0.4 is 5.32 Å². The van der Waals surface area contributed by atoms with Crippen molar-refractivity contribution in [2.75, 3.05) is 40.3 Å². The zero-order valence-corrected chi connectivity index (χ0v) is 15.2. The third-order valence-corrected chi connectivity index (χ3v) is 5.35. The summed E-state index contributed by atoms with van der Waals surface area (Å²) in [6, 6.07) is 7.94. The van der Waals surface area contributed by atoms with Crippen LogP contribution in [0.5, 0.6) is 0 Å². The van der Waals surface area contributed by atoms with Crippen LogP contribution in [0.3, 0.4) is 0 Å². The number of morpholine rings is 1. The third-order valence-electron chi connectivity index (χ3n) is 5.35. The second kappa shape index (κ2) is 7.14. The predicted molar refractivity (Wildman–Crippen MR) is 95.2 cm³/mol. The number of ether oxygens (including phenoxy) is 1. The molecular weight excluding hydrogens is 318 g/mol. The van der Waals surface area contributed by atoms with Crippen molar-refractivity contribution in [3.8, 4) is 0 Å². The standard InChI is InChI=1S/C19H27N3O3/c1-14-6-4-5-7-15(14)8-9-17(23)22-12-19(13-22)11-21(3)16(10-25-19)18(24)20-2/h4-7,16H,8-13H2,1-3H3,(H,20,24)/t16-/m1/s1. The summed E-state index contributed by atoms with van der Waals surface area (Å²) in [5.41, 5.74) is 2.15. The van der Waals surface area contributed by atoms with Gasteiger partial charge in [0.05, 0.1) is 19.7 Å². The molecule has 1 spiro atoms. The molecule has 2 aliphatic heterocycles. The maximum Gasteiger partial charge on any atom is 0.239 e. The van der Waals surface area contributed by atoms with E-state index in [0.29, 0.717) is 32.7 Å². The smallest absolute Gasteiger partial charge is 0.239 e. The number of hydrogen-bond acceptors (Lipinski definition) is 4. The van der Waals surface area contributed by atoms with Gasteiger partial charge in [0, 0.05) is 20.0 Å². The van der Waals surface area contributed by atoms with Gasteiger partial charge in [0.25, 0.3) is 0 Å². The molecule has 2 aliphatic rings.